The van der Waals surface area contributed by atoms with Gasteiger partial charge in [0, 0.05) is 17.8 Å². The standard InChI is InChI=1S/C22H22N2O3S/c1-15(2)27-19-11-5-16(6-12-19)14-23-21(25)17-7-9-18(10-8-17)24-22(26)20-4-3-13-28-20/h3-13,15H,14H2,1-2H3,(H,23,25)(H,24,26). The second-order valence-electron chi connectivity index (χ2n) is 6.50. The molecule has 144 valence electrons. The molecule has 0 spiro atoms. The molecule has 28 heavy (non-hydrogen) atoms. The van der Waals surface area contributed by atoms with E-state index in [1.165, 1.54) is 11.3 Å². The van der Waals surface area contributed by atoms with Crippen LogP contribution in [0.4, 0.5) is 5.69 Å². The first-order chi connectivity index (χ1) is 13.5. The molecule has 0 atom stereocenters. The third kappa shape index (κ3) is 5.44. The Balaban J connectivity index is 1.52. The molecule has 5 nitrogen and oxygen atoms in total. The van der Waals surface area contributed by atoms with Gasteiger partial charge in [-0.2, -0.15) is 0 Å². The number of ether oxygens (including phenoxy) is 1. The van der Waals surface area contributed by atoms with E-state index in [-0.39, 0.29) is 17.9 Å². The smallest absolute Gasteiger partial charge is 0.265 e. The van der Waals surface area contributed by atoms with E-state index in [2.05, 4.69) is 10.6 Å². The molecule has 0 saturated heterocycles. The van der Waals surface area contributed by atoms with Crippen molar-refractivity contribution in [2.45, 2.75) is 26.5 Å². The predicted octanol–water partition coefficient (Wildman–Crippen LogP) is 4.72. The van der Waals surface area contributed by atoms with Crippen LogP contribution in [0.15, 0.2) is 66.0 Å². The van der Waals surface area contributed by atoms with Crippen LogP contribution in [0.3, 0.4) is 0 Å². The van der Waals surface area contributed by atoms with Crippen LogP contribution in [0.5, 0.6) is 5.75 Å². The zero-order valence-corrected chi connectivity index (χ0v) is 16.6. The maximum atomic E-state index is 12.3. The Morgan fingerprint density at radius 2 is 1.68 bits per heavy atom. The molecule has 0 unspecified atom stereocenters. The van der Waals surface area contributed by atoms with Crippen LogP contribution in [-0.4, -0.2) is 17.9 Å². The zero-order valence-electron chi connectivity index (χ0n) is 15.8. The summed E-state index contributed by atoms with van der Waals surface area (Å²) in [6.45, 7) is 4.39. The summed E-state index contributed by atoms with van der Waals surface area (Å²) in [5.74, 6) is 0.487. The number of hydrogen-bond donors (Lipinski definition) is 2. The number of rotatable bonds is 7. The first-order valence-electron chi connectivity index (χ1n) is 9.00. The number of benzene rings is 2. The predicted molar refractivity (Wildman–Crippen MR) is 112 cm³/mol. The zero-order chi connectivity index (χ0) is 19.9. The highest BCUT2D eigenvalue weighted by molar-refractivity contribution is 7.12. The van der Waals surface area contributed by atoms with E-state index in [1.807, 2.05) is 49.6 Å². The van der Waals surface area contributed by atoms with Crippen LogP contribution in [0.2, 0.25) is 0 Å². The van der Waals surface area contributed by atoms with E-state index < -0.39 is 0 Å². The van der Waals surface area contributed by atoms with Crippen molar-refractivity contribution in [3.8, 4) is 5.75 Å². The van der Waals surface area contributed by atoms with Gasteiger partial charge >= 0.3 is 0 Å². The second kappa shape index (κ2) is 9.19. The van der Waals surface area contributed by atoms with Gasteiger partial charge in [-0.3, -0.25) is 9.59 Å². The average Bonchev–Trinajstić information content (AvgIpc) is 3.22. The van der Waals surface area contributed by atoms with Gasteiger partial charge in [-0.05, 0) is 67.3 Å². The van der Waals surface area contributed by atoms with Crippen LogP contribution >= 0.6 is 11.3 Å². The molecule has 1 heterocycles. The molecule has 2 amide bonds. The Kier molecular flexibility index (Phi) is 6.45. The highest BCUT2D eigenvalue weighted by atomic mass is 32.1. The van der Waals surface area contributed by atoms with Crippen molar-refractivity contribution in [2.24, 2.45) is 0 Å². The fourth-order valence-corrected chi connectivity index (χ4v) is 3.17. The van der Waals surface area contributed by atoms with E-state index in [9.17, 15) is 9.59 Å². The lowest BCUT2D eigenvalue weighted by Gasteiger charge is -2.10. The molecule has 0 aliphatic rings. The molecule has 6 heteroatoms. The van der Waals surface area contributed by atoms with Crippen LogP contribution in [-0.2, 0) is 6.54 Å². The molecule has 0 radical (unpaired) electrons. The fourth-order valence-electron chi connectivity index (χ4n) is 2.55. The Labute approximate surface area is 168 Å². The van der Waals surface area contributed by atoms with E-state index in [4.69, 9.17) is 4.74 Å². The van der Waals surface area contributed by atoms with E-state index in [0.717, 1.165) is 11.3 Å². The lowest BCUT2D eigenvalue weighted by molar-refractivity contribution is 0.0950. The third-order valence-corrected chi connectivity index (χ3v) is 4.77. The quantitative estimate of drug-likeness (QED) is 0.609. The van der Waals surface area contributed by atoms with E-state index in [1.54, 1.807) is 30.3 Å². The normalized spacial score (nSPS) is 10.5. The molecular formula is C22H22N2O3S. The van der Waals surface area contributed by atoms with Crippen LogP contribution < -0.4 is 15.4 Å². The molecule has 0 aliphatic heterocycles. The number of nitrogens with one attached hydrogen (secondary N) is 2. The minimum Gasteiger partial charge on any atom is -0.491 e. The van der Waals surface area contributed by atoms with Crippen molar-refractivity contribution in [3.63, 3.8) is 0 Å². The number of hydrogen-bond acceptors (Lipinski definition) is 4. The van der Waals surface area contributed by atoms with Gasteiger partial charge in [0.25, 0.3) is 11.8 Å². The highest BCUT2D eigenvalue weighted by Gasteiger charge is 2.09. The molecule has 3 rings (SSSR count). The minimum absolute atomic E-state index is 0.128. The summed E-state index contributed by atoms with van der Waals surface area (Å²) in [7, 11) is 0. The van der Waals surface area contributed by atoms with Gasteiger partial charge in [0.15, 0.2) is 0 Å². The molecule has 3 aromatic rings. The van der Waals surface area contributed by atoms with Gasteiger partial charge in [0.2, 0.25) is 0 Å². The van der Waals surface area contributed by atoms with Gasteiger partial charge in [0.1, 0.15) is 5.75 Å². The van der Waals surface area contributed by atoms with Crippen LogP contribution in [0.25, 0.3) is 0 Å². The van der Waals surface area contributed by atoms with Gasteiger partial charge in [-0.15, -0.1) is 11.3 Å². The largest absolute Gasteiger partial charge is 0.491 e. The fraction of sp³-hybridized carbons (Fsp3) is 0.182. The van der Waals surface area contributed by atoms with Gasteiger partial charge in [-0.25, -0.2) is 0 Å². The van der Waals surface area contributed by atoms with Crippen molar-refractivity contribution in [1.82, 2.24) is 5.32 Å². The third-order valence-electron chi connectivity index (χ3n) is 3.90. The minimum atomic E-state index is -0.168. The molecule has 0 fully saturated rings. The van der Waals surface area contributed by atoms with Crippen molar-refractivity contribution >= 4 is 28.8 Å². The first kappa shape index (κ1) is 19.6. The lowest BCUT2D eigenvalue weighted by Crippen LogP contribution is -2.22. The maximum Gasteiger partial charge on any atom is 0.265 e. The summed E-state index contributed by atoms with van der Waals surface area (Å²) in [5.41, 5.74) is 2.17. The summed E-state index contributed by atoms with van der Waals surface area (Å²) in [6, 6.07) is 18.1. The van der Waals surface area contributed by atoms with Crippen molar-refractivity contribution < 1.29 is 14.3 Å². The molecule has 0 saturated carbocycles. The summed E-state index contributed by atoms with van der Waals surface area (Å²) < 4.78 is 5.61. The monoisotopic (exact) mass is 394 g/mol. The molecule has 2 N–H and O–H groups in total. The second-order valence-corrected chi connectivity index (χ2v) is 7.45. The molecule has 1 aromatic heterocycles. The maximum absolute atomic E-state index is 12.3. The Morgan fingerprint density at radius 3 is 2.29 bits per heavy atom. The van der Waals surface area contributed by atoms with Crippen molar-refractivity contribution in [3.05, 3.63) is 82.0 Å². The number of carbonyl (C=O) groups is 2. The molecule has 2 aromatic carbocycles. The molecule has 0 bridgehead atoms. The first-order valence-corrected chi connectivity index (χ1v) is 9.88. The summed E-state index contributed by atoms with van der Waals surface area (Å²) in [6.07, 6.45) is 0.128. The number of amides is 2. The SMILES string of the molecule is CC(C)Oc1ccc(CNC(=O)c2ccc(NC(=O)c3cccs3)cc2)cc1. The number of carbonyl (C=O) groups excluding carboxylic acids is 2. The Hall–Kier alpha value is -3.12. The average molecular weight is 394 g/mol. The number of thiophene rings is 1. The van der Waals surface area contributed by atoms with Gasteiger partial charge in [-0.1, -0.05) is 18.2 Å². The van der Waals surface area contributed by atoms with Crippen LogP contribution in [0, 0.1) is 0 Å². The van der Waals surface area contributed by atoms with Gasteiger partial charge < -0.3 is 15.4 Å². The molecular weight excluding hydrogens is 372 g/mol. The van der Waals surface area contributed by atoms with E-state index in [0.29, 0.717) is 22.7 Å². The van der Waals surface area contributed by atoms with Crippen molar-refractivity contribution in [1.29, 1.82) is 0 Å². The number of anilines is 1. The highest BCUT2D eigenvalue weighted by Crippen LogP contribution is 2.15. The molecule has 0 aliphatic carbocycles. The van der Waals surface area contributed by atoms with E-state index >= 15 is 0 Å². The Bertz CT molecular complexity index is 917. The van der Waals surface area contributed by atoms with Crippen LogP contribution in [0.1, 0.15) is 39.4 Å². The van der Waals surface area contributed by atoms with Crippen molar-refractivity contribution in [2.75, 3.05) is 5.32 Å². The lowest BCUT2D eigenvalue weighted by atomic mass is 10.1. The summed E-state index contributed by atoms with van der Waals surface area (Å²) in [5, 5.41) is 7.56. The topological polar surface area (TPSA) is 67.4 Å². The summed E-state index contributed by atoms with van der Waals surface area (Å²) in [4.78, 5) is 25.0. The summed E-state index contributed by atoms with van der Waals surface area (Å²) >= 11 is 1.38. The Morgan fingerprint density at radius 1 is 0.964 bits per heavy atom. The van der Waals surface area contributed by atoms with Gasteiger partial charge in [0.05, 0.1) is 11.0 Å².